The molecule has 0 unspecified atom stereocenters. The van der Waals surface area contributed by atoms with Gasteiger partial charge in [-0.3, -0.25) is 0 Å². The van der Waals surface area contributed by atoms with E-state index in [9.17, 15) is 0 Å². The zero-order valence-corrected chi connectivity index (χ0v) is 13.2. The van der Waals surface area contributed by atoms with E-state index in [0.29, 0.717) is 0 Å². The molecule has 1 heteroatoms. The molecule has 24 heavy (non-hydrogen) atoms. The molecular formula is C23H16O. The van der Waals surface area contributed by atoms with Gasteiger partial charge >= 0.3 is 0 Å². The average molecular weight is 308 g/mol. The second-order valence-electron chi connectivity index (χ2n) is 6.16. The number of fused-ring (bicyclic) bond motifs is 4. The van der Waals surface area contributed by atoms with Gasteiger partial charge in [-0.05, 0) is 40.1 Å². The van der Waals surface area contributed by atoms with Crippen molar-refractivity contribution < 1.29 is 4.74 Å². The number of benzene rings is 4. The molecule has 0 aromatic heterocycles. The van der Waals surface area contributed by atoms with Crippen molar-refractivity contribution in [2.75, 3.05) is 0 Å². The molecule has 1 aliphatic rings. The SMILES string of the molecule is C1=C(c2cccc3ccccc23)Oc2ccc3ccccc3c2C1. The summed E-state index contributed by atoms with van der Waals surface area (Å²) in [6.07, 6.45) is 3.10. The van der Waals surface area contributed by atoms with Crippen molar-refractivity contribution in [2.45, 2.75) is 6.42 Å². The van der Waals surface area contributed by atoms with E-state index >= 15 is 0 Å². The lowest BCUT2D eigenvalue weighted by Crippen LogP contribution is -2.05. The first kappa shape index (κ1) is 13.4. The first-order valence-electron chi connectivity index (χ1n) is 8.27. The fourth-order valence-corrected chi connectivity index (χ4v) is 3.58. The van der Waals surface area contributed by atoms with E-state index in [-0.39, 0.29) is 0 Å². The Morgan fingerprint density at radius 3 is 2.21 bits per heavy atom. The minimum Gasteiger partial charge on any atom is -0.457 e. The van der Waals surface area contributed by atoms with Crippen LogP contribution in [0.5, 0.6) is 5.75 Å². The monoisotopic (exact) mass is 308 g/mol. The highest BCUT2D eigenvalue weighted by atomic mass is 16.5. The van der Waals surface area contributed by atoms with Crippen LogP contribution in [0.25, 0.3) is 27.3 Å². The second-order valence-corrected chi connectivity index (χ2v) is 6.16. The third-order valence-corrected chi connectivity index (χ3v) is 4.76. The van der Waals surface area contributed by atoms with Crippen LogP contribution in [0, 0.1) is 0 Å². The van der Waals surface area contributed by atoms with Crippen LogP contribution in [0.3, 0.4) is 0 Å². The zero-order valence-electron chi connectivity index (χ0n) is 13.2. The molecule has 0 saturated heterocycles. The van der Waals surface area contributed by atoms with Gasteiger partial charge in [-0.15, -0.1) is 0 Å². The molecular weight excluding hydrogens is 292 g/mol. The Labute approximate surface area is 140 Å². The van der Waals surface area contributed by atoms with Crippen molar-refractivity contribution >= 4 is 27.3 Å². The predicted octanol–water partition coefficient (Wildman–Crippen LogP) is 5.97. The standard InChI is InChI=1S/C23H16O/c1-3-9-18-16(6-1)8-5-11-20(18)23-15-13-21-19-10-4-2-7-17(19)12-14-22(21)24-23/h1-12,14-15H,13H2. The van der Waals surface area contributed by atoms with Crippen molar-refractivity contribution in [3.8, 4) is 5.75 Å². The van der Waals surface area contributed by atoms with Crippen molar-refractivity contribution in [3.05, 3.63) is 96.1 Å². The molecule has 0 atom stereocenters. The van der Waals surface area contributed by atoms with Gasteiger partial charge in [0.15, 0.2) is 0 Å². The number of rotatable bonds is 1. The molecule has 5 rings (SSSR count). The summed E-state index contributed by atoms with van der Waals surface area (Å²) in [7, 11) is 0. The highest BCUT2D eigenvalue weighted by Gasteiger charge is 2.17. The van der Waals surface area contributed by atoms with Crippen LogP contribution in [0.2, 0.25) is 0 Å². The van der Waals surface area contributed by atoms with Gasteiger partial charge in [-0.2, -0.15) is 0 Å². The first-order chi connectivity index (χ1) is 11.9. The summed E-state index contributed by atoms with van der Waals surface area (Å²) in [5, 5.41) is 5.02. The highest BCUT2D eigenvalue weighted by Crippen LogP contribution is 2.37. The Bertz CT molecular complexity index is 1100. The van der Waals surface area contributed by atoms with E-state index in [4.69, 9.17) is 4.74 Å². The zero-order chi connectivity index (χ0) is 15.9. The summed E-state index contributed by atoms with van der Waals surface area (Å²) >= 11 is 0. The van der Waals surface area contributed by atoms with Gasteiger partial charge in [0.25, 0.3) is 0 Å². The maximum atomic E-state index is 6.30. The topological polar surface area (TPSA) is 9.23 Å². The fourth-order valence-electron chi connectivity index (χ4n) is 3.58. The third-order valence-electron chi connectivity index (χ3n) is 4.76. The number of ether oxygens (including phenoxy) is 1. The summed E-state index contributed by atoms with van der Waals surface area (Å²) in [5.41, 5.74) is 2.43. The van der Waals surface area contributed by atoms with Crippen molar-refractivity contribution in [3.63, 3.8) is 0 Å². The summed E-state index contributed by atoms with van der Waals surface area (Å²) in [6, 6.07) is 27.6. The first-order valence-corrected chi connectivity index (χ1v) is 8.27. The minimum atomic E-state index is 0.898. The third kappa shape index (κ3) is 2.02. The Kier molecular flexibility index (Phi) is 2.92. The van der Waals surface area contributed by atoms with E-state index in [1.807, 2.05) is 0 Å². The average Bonchev–Trinajstić information content (AvgIpc) is 2.67. The predicted molar refractivity (Wildman–Crippen MR) is 100 cm³/mol. The van der Waals surface area contributed by atoms with Crippen LogP contribution in [0.1, 0.15) is 11.1 Å². The molecule has 0 saturated carbocycles. The minimum absolute atomic E-state index is 0.898. The summed E-state index contributed by atoms with van der Waals surface area (Å²) in [5.74, 6) is 1.92. The normalized spacial score (nSPS) is 13.4. The van der Waals surface area contributed by atoms with Crippen LogP contribution >= 0.6 is 0 Å². The van der Waals surface area contributed by atoms with E-state index in [2.05, 4.69) is 84.9 Å². The Hall–Kier alpha value is -3.06. The van der Waals surface area contributed by atoms with Crippen molar-refractivity contribution in [1.82, 2.24) is 0 Å². The molecule has 4 aromatic rings. The smallest absolute Gasteiger partial charge is 0.131 e. The van der Waals surface area contributed by atoms with Crippen LogP contribution in [0.4, 0.5) is 0 Å². The largest absolute Gasteiger partial charge is 0.457 e. The van der Waals surface area contributed by atoms with Crippen LogP contribution in [0.15, 0.2) is 84.9 Å². The summed E-state index contributed by atoms with van der Waals surface area (Å²) in [4.78, 5) is 0. The van der Waals surface area contributed by atoms with E-state index in [0.717, 1.165) is 23.5 Å². The van der Waals surface area contributed by atoms with Gasteiger partial charge in [0, 0.05) is 11.1 Å². The molecule has 0 amide bonds. The molecule has 1 aliphatic heterocycles. The van der Waals surface area contributed by atoms with Gasteiger partial charge in [0.1, 0.15) is 11.5 Å². The Morgan fingerprint density at radius 2 is 1.33 bits per heavy atom. The maximum Gasteiger partial charge on any atom is 0.131 e. The summed E-state index contributed by atoms with van der Waals surface area (Å²) in [6.45, 7) is 0. The Morgan fingerprint density at radius 1 is 0.625 bits per heavy atom. The molecule has 0 radical (unpaired) electrons. The number of hydrogen-bond acceptors (Lipinski definition) is 1. The molecule has 1 nitrogen and oxygen atoms in total. The van der Waals surface area contributed by atoms with Gasteiger partial charge in [-0.25, -0.2) is 0 Å². The van der Waals surface area contributed by atoms with Gasteiger partial charge in [0.2, 0.25) is 0 Å². The lowest BCUT2D eigenvalue weighted by Gasteiger charge is -2.21. The molecule has 0 fully saturated rings. The number of hydrogen-bond donors (Lipinski definition) is 0. The summed E-state index contributed by atoms with van der Waals surface area (Å²) < 4.78 is 6.30. The molecule has 1 heterocycles. The molecule has 0 aliphatic carbocycles. The van der Waals surface area contributed by atoms with Gasteiger partial charge < -0.3 is 4.74 Å². The van der Waals surface area contributed by atoms with Crippen molar-refractivity contribution in [1.29, 1.82) is 0 Å². The van der Waals surface area contributed by atoms with Crippen LogP contribution < -0.4 is 4.74 Å². The van der Waals surface area contributed by atoms with E-state index in [1.165, 1.54) is 27.1 Å². The van der Waals surface area contributed by atoms with Crippen molar-refractivity contribution in [2.24, 2.45) is 0 Å². The van der Waals surface area contributed by atoms with Gasteiger partial charge in [-0.1, -0.05) is 72.8 Å². The fraction of sp³-hybridized carbons (Fsp3) is 0.0435. The molecule has 0 bridgehead atoms. The van der Waals surface area contributed by atoms with Crippen LogP contribution in [-0.4, -0.2) is 0 Å². The van der Waals surface area contributed by atoms with E-state index < -0.39 is 0 Å². The second kappa shape index (κ2) is 5.24. The van der Waals surface area contributed by atoms with E-state index in [1.54, 1.807) is 0 Å². The molecule has 0 spiro atoms. The quantitative estimate of drug-likeness (QED) is 0.421. The highest BCUT2D eigenvalue weighted by molar-refractivity contribution is 5.94. The molecule has 4 aromatic carbocycles. The molecule has 114 valence electrons. The molecule has 0 N–H and O–H groups in total. The van der Waals surface area contributed by atoms with Crippen LogP contribution in [-0.2, 0) is 6.42 Å². The maximum absolute atomic E-state index is 6.30. The lowest BCUT2D eigenvalue weighted by atomic mass is 9.97. The van der Waals surface area contributed by atoms with Gasteiger partial charge in [0.05, 0.1) is 0 Å². The number of allylic oxidation sites excluding steroid dienone is 1. The lowest BCUT2D eigenvalue weighted by molar-refractivity contribution is 0.500. The Balaban J connectivity index is 1.64.